The highest BCUT2D eigenvalue weighted by atomic mass is 35.5. The van der Waals surface area contributed by atoms with Crippen molar-refractivity contribution in [3.05, 3.63) is 52.6 Å². The van der Waals surface area contributed by atoms with Crippen LogP contribution in [0.15, 0.2) is 30.5 Å². The van der Waals surface area contributed by atoms with Crippen LogP contribution in [0.3, 0.4) is 0 Å². The number of pyridine rings is 1. The Bertz CT molecular complexity index is 843. The van der Waals surface area contributed by atoms with E-state index in [0.29, 0.717) is 0 Å². The third-order valence-electron chi connectivity index (χ3n) is 4.13. The van der Waals surface area contributed by atoms with Crippen molar-refractivity contribution in [2.45, 2.75) is 26.3 Å². The molecule has 1 N–H and O–H groups in total. The first kappa shape index (κ1) is 18.7. The van der Waals surface area contributed by atoms with Crippen LogP contribution >= 0.6 is 11.6 Å². The largest absolute Gasteiger partial charge is 0.359 e. The number of carbonyl (C=O) groups excluding carboxylic acids is 1. The lowest BCUT2D eigenvalue weighted by Crippen LogP contribution is -2.51. The number of rotatable bonds is 4. The van der Waals surface area contributed by atoms with Crippen molar-refractivity contribution in [2.24, 2.45) is 0 Å². The van der Waals surface area contributed by atoms with Gasteiger partial charge in [-0.3, -0.25) is 9.78 Å². The van der Waals surface area contributed by atoms with E-state index in [2.05, 4.69) is 10.3 Å². The van der Waals surface area contributed by atoms with Crippen LogP contribution in [0.5, 0.6) is 0 Å². The lowest BCUT2D eigenvalue weighted by Gasteiger charge is -2.35. The zero-order valence-corrected chi connectivity index (χ0v) is 15.1. The van der Waals surface area contributed by atoms with Gasteiger partial charge in [-0.2, -0.15) is 5.26 Å². The number of carbonyl (C=O) groups is 1. The fraction of sp³-hybridized carbons (Fsp3) is 0.278. The number of nitriles is 1. The minimum absolute atomic E-state index is 0.0132. The minimum atomic E-state index is -0.982. The van der Waals surface area contributed by atoms with Gasteiger partial charge in [0.25, 0.3) is 0 Å². The van der Waals surface area contributed by atoms with E-state index in [-0.39, 0.29) is 16.3 Å². The first-order valence-corrected chi connectivity index (χ1v) is 7.92. The van der Waals surface area contributed by atoms with Crippen molar-refractivity contribution < 1.29 is 9.18 Å². The van der Waals surface area contributed by atoms with Crippen molar-refractivity contribution in [2.75, 3.05) is 17.3 Å². The highest BCUT2D eigenvalue weighted by Gasteiger charge is 2.33. The van der Waals surface area contributed by atoms with E-state index in [1.165, 1.54) is 12.1 Å². The number of aromatic nitrogens is 1. The van der Waals surface area contributed by atoms with Crippen molar-refractivity contribution in [3.8, 4) is 6.07 Å². The lowest BCUT2D eigenvalue weighted by atomic mass is 10.0. The lowest BCUT2D eigenvalue weighted by molar-refractivity contribution is -0.120. The predicted molar refractivity (Wildman–Crippen MR) is 96.2 cm³/mol. The maximum atomic E-state index is 14.2. The van der Waals surface area contributed by atoms with Crippen molar-refractivity contribution in [1.29, 1.82) is 5.26 Å². The van der Waals surface area contributed by atoms with E-state index in [9.17, 15) is 9.18 Å². The van der Waals surface area contributed by atoms with Crippen molar-refractivity contribution in [1.82, 2.24) is 4.98 Å². The van der Waals surface area contributed by atoms with Crippen LogP contribution in [-0.2, 0) is 4.79 Å². The Labute approximate surface area is 151 Å². The Kier molecular flexibility index (Phi) is 5.29. The molecule has 1 aromatic heterocycles. The summed E-state index contributed by atoms with van der Waals surface area (Å²) in [5, 5.41) is 11.1. The molecule has 1 amide bonds. The van der Waals surface area contributed by atoms with E-state index in [4.69, 9.17) is 16.9 Å². The summed E-state index contributed by atoms with van der Waals surface area (Å²) in [7, 11) is 1.76. The molecule has 0 unspecified atom stereocenters. The van der Waals surface area contributed by atoms with Crippen LogP contribution in [0, 0.1) is 24.1 Å². The van der Waals surface area contributed by atoms with Crippen LogP contribution in [0.1, 0.15) is 25.1 Å². The molecule has 0 aliphatic heterocycles. The first-order valence-electron chi connectivity index (χ1n) is 7.54. The summed E-state index contributed by atoms with van der Waals surface area (Å²) in [6.07, 6.45) is 1.67. The zero-order chi connectivity index (χ0) is 18.8. The fourth-order valence-corrected chi connectivity index (χ4v) is 2.35. The average molecular weight is 361 g/mol. The predicted octanol–water partition coefficient (Wildman–Crippen LogP) is 3.91. The number of anilines is 2. The number of hydrogen-bond donors (Lipinski definition) is 1. The summed E-state index contributed by atoms with van der Waals surface area (Å²) in [4.78, 5) is 18.7. The molecule has 0 aliphatic rings. The number of aryl methyl sites for hydroxylation is 1. The molecule has 0 spiro atoms. The van der Waals surface area contributed by atoms with Gasteiger partial charge in [-0.05, 0) is 45.0 Å². The number of amides is 1. The monoisotopic (exact) mass is 360 g/mol. The molecule has 5 nitrogen and oxygen atoms in total. The van der Waals surface area contributed by atoms with Gasteiger partial charge < -0.3 is 10.2 Å². The second-order valence-corrected chi connectivity index (χ2v) is 6.51. The van der Waals surface area contributed by atoms with E-state index in [0.717, 1.165) is 11.4 Å². The number of benzene rings is 1. The normalized spacial score (nSPS) is 10.9. The second-order valence-electron chi connectivity index (χ2n) is 6.13. The number of nitrogens with one attached hydrogen (secondary N) is 1. The summed E-state index contributed by atoms with van der Waals surface area (Å²) >= 11 is 5.80. The Balaban J connectivity index is 2.26. The van der Waals surface area contributed by atoms with Gasteiger partial charge in [-0.1, -0.05) is 11.6 Å². The smallest absolute Gasteiger partial charge is 0.249 e. The molecule has 0 bridgehead atoms. The quantitative estimate of drug-likeness (QED) is 0.897. The summed E-state index contributed by atoms with van der Waals surface area (Å²) in [6.45, 7) is 5.30. The van der Waals surface area contributed by atoms with E-state index >= 15 is 0 Å². The first-order chi connectivity index (χ1) is 11.7. The minimum Gasteiger partial charge on any atom is -0.359 e. The fourth-order valence-electron chi connectivity index (χ4n) is 2.14. The Morgan fingerprint density at radius 1 is 1.36 bits per heavy atom. The van der Waals surface area contributed by atoms with Crippen LogP contribution in [0.4, 0.5) is 15.8 Å². The highest BCUT2D eigenvalue weighted by Crippen LogP contribution is 2.28. The van der Waals surface area contributed by atoms with E-state index in [1.807, 2.05) is 19.1 Å². The van der Waals surface area contributed by atoms with Crippen LogP contribution in [0.2, 0.25) is 5.02 Å². The van der Waals surface area contributed by atoms with Gasteiger partial charge >= 0.3 is 0 Å². The summed E-state index contributed by atoms with van der Waals surface area (Å²) < 4.78 is 14.2. The van der Waals surface area contributed by atoms with Gasteiger partial charge in [0.2, 0.25) is 5.91 Å². The van der Waals surface area contributed by atoms with Gasteiger partial charge in [0.05, 0.1) is 28.2 Å². The van der Waals surface area contributed by atoms with Gasteiger partial charge in [0.15, 0.2) is 5.82 Å². The van der Waals surface area contributed by atoms with Crippen LogP contribution in [0.25, 0.3) is 0 Å². The molecule has 2 rings (SSSR count). The second kappa shape index (κ2) is 7.08. The van der Waals surface area contributed by atoms with Crippen molar-refractivity contribution in [3.63, 3.8) is 0 Å². The molecule has 0 saturated heterocycles. The molecular weight excluding hydrogens is 343 g/mol. The molecule has 130 valence electrons. The topological polar surface area (TPSA) is 69.0 Å². The van der Waals surface area contributed by atoms with E-state index < -0.39 is 17.3 Å². The van der Waals surface area contributed by atoms with Crippen molar-refractivity contribution >= 4 is 28.9 Å². The number of nitrogens with zero attached hydrogens (tertiary/aromatic N) is 3. The highest BCUT2D eigenvalue weighted by molar-refractivity contribution is 6.32. The van der Waals surface area contributed by atoms with Crippen LogP contribution < -0.4 is 10.2 Å². The summed E-state index contributed by atoms with van der Waals surface area (Å²) in [6, 6.07) is 8.18. The van der Waals surface area contributed by atoms with Gasteiger partial charge in [0, 0.05) is 12.7 Å². The molecule has 0 saturated carbocycles. The standard InChI is InChI=1S/C18H18ClFN4O/c1-11-5-7-13(10-22-11)24(4)18(2,3)17(25)23-14-8-6-12(9-21)15(19)16(14)20/h5-8,10H,1-4H3,(H,23,25). The molecule has 1 heterocycles. The molecule has 0 aliphatic carbocycles. The Morgan fingerprint density at radius 2 is 2.04 bits per heavy atom. The molecule has 25 heavy (non-hydrogen) atoms. The SMILES string of the molecule is Cc1ccc(N(C)C(C)(C)C(=O)Nc2ccc(C#N)c(Cl)c2F)cn1. The number of hydrogen-bond acceptors (Lipinski definition) is 4. The Morgan fingerprint density at radius 3 is 2.60 bits per heavy atom. The molecule has 7 heteroatoms. The van der Waals surface area contributed by atoms with Gasteiger partial charge in [-0.15, -0.1) is 0 Å². The van der Waals surface area contributed by atoms with E-state index in [1.54, 1.807) is 38.1 Å². The van der Waals surface area contributed by atoms with Gasteiger partial charge in [-0.25, -0.2) is 4.39 Å². The zero-order valence-electron chi connectivity index (χ0n) is 14.4. The molecule has 0 atom stereocenters. The Hall–Kier alpha value is -2.65. The number of likely N-dealkylation sites (N-methyl/N-ethyl adjacent to an activating group) is 1. The summed E-state index contributed by atoms with van der Waals surface area (Å²) in [5.74, 6) is -1.25. The van der Waals surface area contributed by atoms with Crippen LogP contribution in [-0.4, -0.2) is 23.5 Å². The molecular formula is C18H18ClFN4O. The molecule has 1 aromatic carbocycles. The third-order valence-corrected chi connectivity index (χ3v) is 4.50. The summed E-state index contributed by atoms with van der Waals surface area (Å²) in [5.41, 5.74) is 0.582. The van der Waals surface area contributed by atoms with Gasteiger partial charge in [0.1, 0.15) is 11.6 Å². The number of halogens is 2. The molecule has 0 radical (unpaired) electrons. The maximum Gasteiger partial charge on any atom is 0.249 e. The third kappa shape index (κ3) is 3.72. The average Bonchev–Trinajstić information content (AvgIpc) is 2.59. The maximum absolute atomic E-state index is 14.2. The molecule has 0 fully saturated rings. The molecule has 2 aromatic rings.